The highest BCUT2D eigenvalue weighted by atomic mass is 35.5. The van der Waals surface area contributed by atoms with Gasteiger partial charge in [-0.1, -0.05) is 35.9 Å². The predicted molar refractivity (Wildman–Crippen MR) is 85.8 cm³/mol. The number of anilines is 1. The van der Waals surface area contributed by atoms with E-state index in [2.05, 4.69) is 5.32 Å². The van der Waals surface area contributed by atoms with Crippen LogP contribution in [0.3, 0.4) is 0 Å². The third-order valence-electron chi connectivity index (χ3n) is 2.62. The first-order chi connectivity index (χ1) is 10.1. The summed E-state index contributed by atoms with van der Waals surface area (Å²) in [5.41, 5.74) is 6.15. The topological polar surface area (TPSA) is 72.2 Å². The van der Waals surface area contributed by atoms with E-state index < -0.39 is 5.91 Å². The standard InChI is InChI=1S/C15H13ClN2O2S/c16-11-6-2-1-5-10(11)15(20)18-12-7-3-4-8-13(12)21-9-14(17)19/h1-8H,9H2,(H2,17,19)(H,18,20). The highest BCUT2D eigenvalue weighted by Crippen LogP contribution is 2.27. The summed E-state index contributed by atoms with van der Waals surface area (Å²) in [6.45, 7) is 0. The lowest BCUT2D eigenvalue weighted by molar-refractivity contribution is -0.115. The molecule has 2 amide bonds. The van der Waals surface area contributed by atoms with Crippen LogP contribution in [0.25, 0.3) is 0 Å². The summed E-state index contributed by atoms with van der Waals surface area (Å²) in [5.74, 6) is -0.557. The highest BCUT2D eigenvalue weighted by Gasteiger charge is 2.12. The number of halogens is 1. The molecule has 0 radical (unpaired) electrons. The van der Waals surface area contributed by atoms with Gasteiger partial charge in [-0.3, -0.25) is 9.59 Å². The van der Waals surface area contributed by atoms with Gasteiger partial charge in [0.25, 0.3) is 5.91 Å². The Morgan fingerprint density at radius 3 is 2.48 bits per heavy atom. The minimum atomic E-state index is -0.410. The third kappa shape index (κ3) is 4.24. The van der Waals surface area contributed by atoms with Gasteiger partial charge in [-0.15, -0.1) is 11.8 Å². The average molecular weight is 321 g/mol. The minimum Gasteiger partial charge on any atom is -0.369 e. The second-order valence-electron chi connectivity index (χ2n) is 4.19. The predicted octanol–water partition coefficient (Wildman–Crippen LogP) is 3.17. The smallest absolute Gasteiger partial charge is 0.257 e. The van der Waals surface area contributed by atoms with Crippen LogP contribution in [0.2, 0.25) is 5.02 Å². The fraction of sp³-hybridized carbons (Fsp3) is 0.0667. The Balaban J connectivity index is 2.18. The Hall–Kier alpha value is -1.98. The van der Waals surface area contributed by atoms with Gasteiger partial charge >= 0.3 is 0 Å². The Kier molecular flexibility index (Phi) is 5.25. The molecule has 0 fully saturated rings. The van der Waals surface area contributed by atoms with Crippen molar-refractivity contribution < 1.29 is 9.59 Å². The van der Waals surface area contributed by atoms with Crippen molar-refractivity contribution in [2.24, 2.45) is 5.73 Å². The molecule has 2 rings (SSSR count). The molecule has 0 aliphatic carbocycles. The Labute approximate surface area is 131 Å². The number of carbonyl (C=O) groups excluding carboxylic acids is 2. The van der Waals surface area contributed by atoms with Gasteiger partial charge < -0.3 is 11.1 Å². The first-order valence-electron chi connectivity index (χ1n) is 6.14. The van der Waals surface area contributed by atoms with Crippen LogP contribution in [0, 0.1) is 0 Å². The molecule has 6 heteroatoms. The fourth-order valence-corrected chi connectivity index (χ4v) is 2.65. The van der Waals surface area contributed by atoms with Crippen molar-refractivity contribution in [3.63, 3.8) is 0 Å². The van der Waals surface area contributed by atoms with E-state index in [0.717, 1.165) is 4.90 Å². The van der Waals surface area contributed by atoms with Crippen molar-refractivity contribution in [2.75, 3.05) is 11.1 Å². The molecule has 0 aliphatic heterocycles. The summed E-state index contributed by atoms with van der Waals surface area (Å²) >= 11 is 7.27. The van der Waals surface area contributed by atoms with Gasteiger partial charge in [0.1, 0.15) is 0 Å². The van der Waals surface area contributed by atoms with Crippen molar-refractivity contribution in [2.45, 2.75) is 4.90 Å². The zero-order valence-electron chi connectivity index (χ0n) is 11.0. The lowest BCUT2D eigenvalue weighted by atomic mass is 10.2. The van der Waals surface area contributed by atoms with Crippen LogP contribution in [0.15, 0.2) is 53.4 Å². The molecular weight excluding hydrogens is 308 g/mol. The molecular formula is C15H13ClN2O2S. The van der Waals surface area contributed by atoms with Crippen molar-refractivity contribution in [1.29, 1.82) is 0 Å². The Morgan fingerprint density at radius 2 is 1.76 bits per heavy atom. The van der Waals surface area contributed by atoms with E-state index in [-0.39, 0.29) is 11.7 Å². The fourth-order valence-electron chi connectivity index (χ4n) is 1.68. The first kappa shape index (κ1) is 15.4. The van der Waals surface area contributed by atoms with Crippen molar-refractivity contribution in [1.82, 2.24) is 0 Å². The lowest BCUT2D eigenvalue weighted by Gasteiger charge is -2.10. The number of hydrogen-bond donors (Lipinski definition) is 2. The number of benzene rings is 2. The van der Waals surface area contributed by atoms with Crippen molar-refractivity contribution in [3.05, 3.63) is 59.1 Å². The number of carbonyl (C=O) groups is 2. The number of nitrogens with two attached hydrogens (primary N) is 1. The van der Waals surface area contributed by atoms with E-state index in [1.54, 1.807) is 36.4 Å². The van der Waals surface area contributed by atoms with Gasteiger partial charge in [0.2, 0.25) is 5.91 Å². The molecule has 2 aromatic carbocycles. The summed E-state index contributed by atoms with van der Waals surface area (Å²) in [6, 6.07) is 14.0. The maximum atomic E-state index is 12.2. The molecule has 0 saturated heterocycles. The van der Waals surface area contributed by atoms with E-state index in [4.69, 9.17) is 17.3 Å². The van der Waals surface area contributed by atoms with Crippen LogP contribution in [-0.4, -0.2) is 17.6 Å². The van der Waals surface area contributed by atoms with Crippen LogP contribution in [0.4, 0.5) is 5.69 Å². The van der Waals surface area contributed by atoms with Gasteiger partial charge in [-0.2, -0.15) is 0 Å². The Bertz CT molecular complexity index is 676. The van der Waals surface area contributed by atoms with Crippen molar-refractivity contribution >= 4 is 40.9 Å². The second kappa shape index (κ2) is 7.15. The zero-order valence-corrected chi connectivity index (χ0v) is 12.6. The number of rotatable bonds is 5. The maximum Gasteiger partial charge on any atom is 0.257 e. The number of hydrogen-bond acceptors (Lipinski definition) is 3. The monoisotopic (exact) mass is 320 g/mol. The average Bonchev–Trinajstić information content (AvgIpc) is 2.46. The highest BCUT2D eigenvalue weighted by molar-refractivity contribution is 8.00. The number of amides is 2. The zero-order chi connectivity index (χ0) is 15.2. The van der Waals surface area contributed by atoms with Crippen LogP contribution in [0.1, 0.15) is 10.4 Å². The van der Waals surface area contributed by atoms with Gasteiger partial charge in [0.15, 0.2) is 0 Å². The summed E-state index contributed by atoms with van der Waals surface area (Å²) in [5, 5.41) is 3.18. The first-order valence-corrected chi connectivity index (χ1v) is 7.50. The minimum absolute atomic E-state index is 0.152. The molecule has 0 bridgehead atoms. The van der Waals surface area contributed by atoms with Crippen LogP contribution >= 0.6 is 23.4 Å². The quantitative estimate of drug-likeness (QED) is 0.831. The molecule has 0 unspecified atom stereocenters. The molecule has 21 heavy (non-hydrogen) atoms. The van der Waals surface area contributed by atoms with Crippen LogP contribution in [0.5, 0.6) is 0 Å². The van der Waals surface area contributed by atoms with E-state index in [0.29, 0.717) is 16.3 Å². The van der Waals surface area contributed by atoms with Gasteiger partial charge in [-0.05, 0) is 24.3 Å². The largest absolute Gasteiger partial charge is 0.369 e. The normalized spacial score (nSPS) is 10.1. The molecule has 0 spiro atoms. The number of para-hydroxylation sites is 1. The van der Waals surface area contributed by atoms with E-state index in [1.165, 1.54) is 11.8 Å². The number of primary amides is 1. The molecule has 0 saturated carbocycles. The van der Waals surface area contributed by atoms with Gasteiger partial charge in [0.05, 0.1) is 22.0 Å². The maximum absolute atomic E-state index is 12.2. The molecule has 2 aromatic rings. The molecule has 0 aliphatic rings. The molecule has 3 N–H and O–H groups in total. The molecule has 0 atom stereocenters. The van der Waals surface area contributed by atoms with E-state index in [1.807, 2.05) is 12.1 Å². The van der Waals surface area contributed by atoms with Crippen LogP contribution < -0.4 is 11.1 Å². The Morgan fingerprint density at radius 1 is 1.10 bits per heavy atom. The van der Waals surface area contributed by atoms with Gasteiger partial charge in [0, 0.05) is 4.90 Å². The van der Waals surface area contributed by atoms with Gasteiger partial charge in [-0.25, -0.2) is 0 Å². The number of nitrogens with one attached hydrogen (secondary N) is 1. The molecule has 4 nitrogen and oxygen atoms in total. The van der Waals surface area contributed by atoms with E-state index >= 15 is 0 Å². The summed E-state index contributed by atoms with van der Waals surface area (Å²) < 4.78 is 0. The summed E-state index contributed by atoms with van der Waals surface area (Å²) in [4.78, 5) is 23.9. The lowest BCUT2D eigenvalue weighted by Crippen LogP contribution is -2.15. The molecule has 0 heterocycles. The molecule has 0 aromatic heterocycles. The van der Waals surface area contributed by atoms with Crippen molar-refractivity contribution in [3.8, 4) is 0 Å². The molecule has 108 valence electrons. The SMILES string of the molecule is NC(=O)CSc1ccccc1NC(=O)c1ccccc1Cl. The second-order valence-corrected chi connectivity index (χ2v) is 5.61. The third-order valence-corrected chi connectivity index (χ3v) is 4.05. The summed E-state index contributed by atoms with van der Waals surface area (Å²) in [7, 11) is 0. The van der Waals surface area contributed by atoms with Crippen LogP contribution in [-0.2, 0) is 4.79 Å². The number of thioether (sulfide) groups is 1. The van der Waals surface area contributed by atoms with E-state index in [9.17, 15) is 9.59 Å². The summed E-state index contributed by atoms with van der Waals surface area (Å²) in [6.07, 6.45) is 0.